The van der Waals surface area contributed by atoms with E-state index in [4.69, 9.17) is 0 Å². The minimum Gasteiger partial charge on any atom is -0.349 e. The van der Waals surface area contributed by atoms with E-state index in [-0.39, 0.29) is 24.0 Å². The first-order valence-corrected chi connectivity index (χ1v) is 8.88. The van der Waals surface area contributed by atoms with Gasteiger partial charge < -0.3 is 15.2 Å². The Hall–Kier alpha value is -3.74. The van der Waals surface area contributed by atoms with Gasteiger partial charge in [0.25, 0.3) is 5.91 Å². The standard InChI is InChI=1S/C21H18N4O3/c1-2-20(27)24-16-5-6-22-12-15(16)11-19(26)14-4-3-13-9-18-21(28)23-7-8-25(18)17(13)10-14/h2-6,9-10,12H,1,7-8,11H2,(H,23,28)(H,22,24,27). The molecule has 7 nitrogen and oxygen atoms in total. The molecule has 2 amide bonds. The Balaban J connectivity index is 1.64. The summed E-state index contributed by atoms with van der Waals surface area (Å²) >= 11 is 0. The number of nitrogens with one attached hydrogen (secondary N) is 2. The van der Waals surface area contributed by atoms with E-state index in [0.29, 0.717) is 35.6 Å². The van der Waals surface area contributed by atoms with Gasteiger partial charge in [-0.3, -0.25) is 19.4 Å². The summed E-state index contributed by atoms with van der Waals surface area (Å²) in [6, 6.07) is 8.91. The number of benzene rings is 1. The van der Waals surface area contributed by atoms with Crippen LogP contribution in [0, 0.1) is 0 Å². The van der Waals surface area contributed by atoms with Crippen LogP contribution in [0.2, 0.25) is 0 Å². The Morgan fingerprint density at radius 3 is 2.96 bits per heavy atom. The summed E-state index contributed by atoms with van der Waals surface area (Å²) in [5, 5.41) is 6.43. The number of rotatable bonds is 5. The number of anilines is 1. The molecule has 0 saturated heterocycles. The van der Waals surface area contributed by atoms with Gasteiger partial charge in [-0.2, -0.15) is 0 Å². The van der Waals surface area contributed by atoms with Crippen LogP contribution in [-0.2, 0) is 17.8 Å². The Morgan fingerprint density at radius 1 is 1.29 bits per heavy atom. The highest BCUT2D eigenvalue weighted by molar-refractivity contribution is 6.04. The topological polar surface area (TPSA) is 93.1 Å². The van der Waals surface area contributed by atoms with Gasteiger partial charge >= 0.3 is 0 Å². The highest BCUT2D eigenvalue weighted by atomic mass is 16.2. The average Bonchev–Trinajstić information content (AvgIpc) is 3.08. The number of Topliss-reactive ketones (excluding diaryl/α,β-unsaturated/α-hetero) is 1. The van der Waals surface area contributed by atoms with E-state index >= 15 is 0 Å². The number of carbonyl (C=O) groups is 3. The molecule has 28 heavy (non-hydrogen) atoms. The molecular formula is C21H18N4O3. The second-order valence-corrected chi connectivity index (χ2v) is 6.54. The molecular weight excluding hydrogens is 356 g/mol. The first kappa shape index (κ1) is 17.7. The van der Waals surface area contributed by atoms with Crippen LogP contribution in [0.4, 0.5) is 5.69 Å². The fraction of sp³-hybridized carbons (Fsp3) is 0.143. The minimum absolute atomic E-state index is 0.0974. The molecule has 3 heterocycles. The van der Waals surface area contributed by atoms with Crippen molar-refractivity contribution >= 4 is 34.2 Å². The predicted molar refractivity (Wildman–Crippen MR) is 105 cm³/mol. The summed E-state index contributed by atoms with van der Waals surface area (Å²) in [6.07, 6.45) is 4.39. The Labute approximate surface area is 161 Å². The monoisotopic (exact) mass is 374 g/mol. The third kappa shape index (κ3) is 3.18. The number of aromatic nitrogens is 2. The number of nitrogens with zero attached hydrogens (tertiary/aromatic N) is 2. The summed E-state index contributed by atoms with van der Waals surface area (Å²) in [7, 11) is 0. The molecule has 4 rings (SSSR count). The molecule has 0 unspecified atom stereocenters. The summed E-state index contributed by atoms with van der Waals surface area (Å²) in [5.74, 6) is -0.549. The van der Waals surface area contributed by atoms with Gasteiger partial charge in [-0.25, -0.2) is 0 Å². The smallest absolute Gasteiger partial charge is 0.268 e. The van der Waals surface area contributed by atoms with Crippen molar-refractivity contribution in [1.29, 1.82) is 0 Å². The first-order valence-electron chi connectivity index (χ1n) is 8.88. The lowest BCUT2D eigenvalue weighted by Gasteiger charge is -2.16. The van der Waals surface area contributed by atoms with E-state index in [9.17, 15) is 14.4 Å². The number of carbonyl (C=O) groups excluding carboxylic acids is 3. The third-order valence-electron chi connectivity index (χ3n) is 4.78. The van der Waals surface area contributed by atoms with E-state index < -0.39 is 0 Å². The third-order valence-corrected chi connectivity index (χ3v) is 4.78. The fourth-order valence-electron chi connectivity index (χ4n) is 3.38. The van der Waals surface area contributed by atoms with Crippen molar-refractivity contribution in [2.45, 2.75) is 13.0 Å². The number of pyridine rings is 1. The highest BCUT2D eigenvalue weighted by Gasteiger charge is 2.20. The molecule has 2 aromatic heterocycles. The van der Waals surface area contributed by atoms with Crippen molar-refractivity contribution in [3.8, 4) is 0 Å². The van der Waals surface area contributed by atoms with Crippen LogP contribution in [-0.4, -0.2) is 33.7 Å². The van der Waals surface area contributed by atoms with E-state index in [1.54, 1.807) is 24.5 Å². The molecule has 2 N–H and O–H groups in total. The Morgan fingerprint density at radius 2 is 2.14 bits per heavy atom. The van der Waals surface area contributed by atoms with Crippen molar-refractivity contribution < 1.29 is 14.4 Å². The van der Waals surface area contributed by atoms with Crippen LogP contribution in [0.5, 0.6) is 0 Å². The number of amides is 2. The van der Waals surface area contributed by atoms with Crippen molar-refractivity contribution in [3.05, 3.63) is 72.2 Å². The molecule has 1 aliphatic heterocycles. The quantitative estimate of drug-likeness (QED) is 0.529. The van der Waals surface area contributed by atoms with Crippen LogP contribution in [0.25, 0.3) is 10.9 Å². The van der Waals surface area contributed by atoms with Crippen molar-refractivity contribution in [1.82, 2.24) is 14.9 Å². The highest BCUT2D eigenvalue weighted by Crippen LogP contribution is 2.24. The van der Waals surface area contributed by atoms with Gasteiger partial charge in [0.2, 0.25) is 5.91 Å². The largest absolute Gasteiger partial charge is 0.349 e. The molecule has 0 bridgehead atoms. The van der Waals surface area contributed by atoms with Gasteiger partial charge in [0, 0.05) is 59.6 Å². The number of hydrogen-bond acceptors (Lipinski definition) is 4. The van der Waals surface area contributed by atoms with Gasteiger partial charge in [-0.1, -0.05) is 18.7 Å². The van der Waals surface area contributed by atoms with Crippen LogP contribution in [0.15, 0.2) is 55.4 Å². The van der Waals surface area contributed by atoms with Crippen LogP contribution in [0.3, 0.4) is 0 Å². The molecule has 1 aliphatic rings. The molecule has 0 fully saturated rings. The number of fused-ring (bicyclic) bond motifs is 3. The lowest BCUT2D eigenvalue weighted by Crippen LogP contribution is -2.34. The second kappa shape index (κ2) is 7.11. The number of hydrogen-bond donors (Lipinski definition) is 2. The Bertz CT molecular complexity index is 1130. The maximum Gasteiger partial charge on any atom is 0.268 e. The molecule has 140 valence electrons. The lowest BCUT2D eigenvalue weighted by molar-refractivity contribution is -0.111. The van der Waals surface area contributed by atoms with E-state index in [0.717, 1.165) is 10.9 Å². The molecule has 1 aromatic carbocycles. The fourth-order valence-corrected chi connectivity index (χ4v) is 3.38. The van der Waals surface area contributed by atoms with Gasteiger partial charge in [-0.15, -0.1) is 0 Å². The molecule has 3 aromatic rings. The zero-order chi connectivity index (χ0) is 19.7. The van der Waals surface area contributed by atoms with Gasteiger partial charge in [-0.05, 0) is 24.3 Å². The molecule has 0 atom stereocenters. The summed E-state index contributed by atoms with van der Waals surface area (Å²) < 4.78 is 1.94. The first-order chi connectivity index (χ1) is 13.6. The van der Waals surface area contributed by atoms with Crippen LogP contribution < -0.4 is 10.6 Å². The molecule has 0 aliphatic carbocycles. The predicted octanol–water partition coefficient (Wildman–Crippen LogP) is 2.33. The second-order valence-electron chi connectivity index (χ2n) is 6.54. The van der Waals surface area contributed by atoms with Gasteiger partial charge in [0.15, 0.2) is 5.78 Å². The van der Waals surface area contributed by atoms with E-state index in [2.05, 4.69) is 22.2 Å². The maximum atomic E-state index is 12.9. The summed E-state index contributed by atoms with van der Waals surface area (Å²) in [5.41, 5.74) is 3.17. The Kier molecular flexibility index (Phi) is 4.49. The van der Waals surface area contributed by atoms with Gasteiger partial charge in [0.1, 0.15) is 5.69 Å². The zero-order valence-corrected chi connectivity index (χ0v) is 15.1. The number of ketones is 1. The normalized spacial score (nSPS) is 12.9. The molecule has 0 saturated carbocycles. The minimum atomic E-state index is -0.348. The van der Waals surface area contributed by atoms with Gasteiger partial charge in [0.05, 0.1) is 0 Å². The average molecular weight is 374 g/mol. The molecule has 0 spiro atoms. The van der Waals surface area contributed by atoms with Crippen molar-refractivity contribution in [2.75, 3.05) is 11.9 Å². The van der Waals surface area contributed by atoms with Crippen molar-refractivity contribution in [2.24, 2.45) is 0 Å². The summed E-state index contributed by atoms with van der Waals surface area (Å²) in [4.78, 5) is 40.5. The zero-order valence-electron chi connectivity index (χ0n) is 15.1. The SMILES string of the molecule is C=CC(=O)Nc1ccncc1CC(=O)c1ccc2cc3n(c2c1)CCNC3=O. The maximum absolute atomic E-state index is 12.9. The van der Waals surface area contributed by atoms with Crippen LogP contribution in [0.1, 0.15) is 26.4 Å². The van der Waals surface area contributed by atoms with E-state index in [1.807, 2.05) is 22.8 Å². The van der Waals surface area contributed by atoms with Crippen molar-refractivity contribution in [3.63, 3.8) is 0 Å². The summed E-state index contributed by atoms with van der Waals surface area (Å²) in [6.45, 7) is 4.67. The van der Waals surface area contributed by atoms with E-state index in [1.165, 1.54) is 6.08 Å². The molecule has 0 radical (unpaired) electrons. The molecule has 7 heteroatoms. The van der Waals surface area contributed by atoms with Crippen LogP contribution >= 0.6 is 0 Å². The lowest BCUT2D eigenvalue weighted by atomic mass is 10.0.